The van der Waals surface area contributed by atoms with Gasteiger partial charge < -0.3 is 84.2 Å². The fourth-order valence-corrected chi connectivity index (χ4v) is 15.7. The monoisotopic (exact) mass is 927 g/mol. The lowest BCUT2D eigenvalue weighted by molar-refractivity contribution is -0.374. The van der Waals surface area contributed by atoms with Crippen LogP contribution in [-0.4, -0.2) is 181 Å². The van der Waals surface area contributed by atoms with Crippen LogP contribution in [0.2, 0.25) is 0 Å². The zero-order valence-corrected chi connectivity index (χ0v) is 39.3. The molecule has 1 spiro atoms. The summed E-state index contributed by atoms with van der Waals surface area (Å²) in [5, 5.41) is 109. The number of fused-ring (bicyclic) bond motifs is 4. The fraction of sp³-hybridized carbons (Fsp3) is 0.958. The van der Waals surface area contributed by atoms with E-state index in [0.717, 1.165) is 38.5 Å². The van der Waals surface area contributed by atoms with E-state index in [9.17, 15) is 51.1 Å². The topological polar surface area (TPSA) is 267 Å². The lowest BCUT2D eigenvalue weighted by Gasteiger charge is -2.73. The molecule has 0 aromatic rings. The molecule has 0 unspecified atom stereocenters. The molecule has 2 bridgehead atoms. The number of rotatable bonds is 8. The van der Waals surface area contributed by atoms with E-state index >= 15 is 0 Å². The molecule has 8 fully saturated rings. The summed E-state index contributed by atoms with van der Waals surface area (Å²) in [6.07, 6.45) is -12.0. The van der Waals surface area contributed by atoms with E-state index in [-0.39, 0.29) is 44.8 Å². The Kier molecular flexibility index (Phi) is 12.5. The van der Waals surface area contributed by atoms with Crippen LogP contribution in [0, 0.1) is 50.2 Å². The van der Waals surface area contributed by atoms with E-state index in [0.29, 0.717) is 19.4 Å². The minimum atomic E-state index is -1.75. The molecular formula is C48H78O17. The minimum Gasteiger partial charge on any atom is -0.394 e. The van der Waals surface area contributed by atoms with Gasteiger partial charge in [-0.2, -0.15) is 0 Å². The molecule has 17 nitrogen and oxygen atoms in total. The first kappa shape index (κ1) is 49.1. The van der Waals surface area contributed by atoms with Crippen molar-refractivity contribution in [2.45, 2.75) is 217 Å². The van der Waals surface area contributed by atoms with Crippen molar-refractivity contribution < 1.29 is 84.2 Å². The highest BCUT2D eigenvalue weighted by atomic mass is 16.8. The Labute approximate surface area is 382 Å². The Bertz CT molecular complexity index is 1780. The average Bonchev–Trinajstić information content (AvgIpc) is 3.52. The van der Waals surface area contributed by atoms with Crippen LogP contribution >= 0.6 is 0 Å². The normalized spacial score (nSPS) is 58.0. The Balaban J connectivity index is 0.958. The third kappa shape index (κ3) is 7.09. The molecule has 17 heteroatoms. The quantitative estimate of drug-likeness (QED) is 0.118. The summed E-state index contributed by atoms with van der Waals surface area (Å²) in [5.74, 6) is 0.593. The molecule has 0 aromatic heterocycles. The van der Waals surface area contributed by atoms with Crippen LogP contribution in [-0.2, 0) is 33.2 Å². The Hall–Kier alpha value is -0.940. The SMILES string of the molecule is C[C@H]1O[C@H](O[C@@H]2[C@@H](O)[C@H](O)[C@@H](O[C@@H]3CC[C@]4(C)[C@H](CC[C@@]5(C)[C@H]4C=C[C@@]46OC[C@]7(CCC(C)(C)C[C@@H]74)[C@H](O)C[C@]56C)C3(C)C)O[C@H]2CO[C@H]2O[C@@H](CO)[C@H](O)[C@@H](O)[C@@H]2O)[C@@H](O)[C@@H](O)[C@@H]1O. The first-order valence-corrected chi connectivity index (χ1v) is 24.3. The molecule has 0 radical (unpaired) electrons. The highest BCUT2D eigenvalue weighted by Gasteiger charge is 2.79. The standard InChI is InChI=1S/C48H78O17/c1-22-30(51)32(53)36(57)40(61-22)65-38-24(20-59-39-35(56)33(54)31(52)23(19-49)62-39)63-41(37(58)34(38)55)64-29-11-12-44(6)25(43(29,4)5)9-13-45(7)26(44)10-14-48-27-17-42(2,3)15-16-47(27,21-60-48)28(50)18-46(45,48)8/h10,14,22-41,49-58H,9,11-13,15-21H2,1-8H3/t22-,23+,24+,25-,26+,27+,28-,29-,30-,31+,32+,33-,34+,35+,36+,37+,38+,39+,40-,41-,44-,45+,46-,47+,48-/m1/s1. The van der Waals surface area contributed by atoms with Crippen LogP contribution in [0.5, 0.6) is 0 Å². The second-order valence-corrected chi connectivity index (χ2v) is 24.0. The molecule has 25 atom stereocenters. The summed E-state index contributed by atoms with van der Waals surface area (Å²) < 4.78 is 43.5. The molecule has 372 valence electrons. The first-order valence-electron chi connectivity index (χ1n) is 24.3. The van der Waals surface area contributed by atoms with Crippen molar-refractivity contribution in [1.29, 1.82) is 0 Å². The molecule has 4 heterocycles. The van der Waals surface area contributed by atoms with Crippen LogP contribution in [0.1, 0.15) is 107 Å². The van der Waals surface area contributed by atoms with Crippen LogP contribution < -0.4 is 0 Å². The van der Waals surface area contributed by atoms with E-state index < -0.39 is 129 Å². The van der Waals surface area contributed by atoms with Gasteiger partial charge in [0.25, 0.3) is 0 Å². The maximum Gasteiger partial charge on any atom is 0.187 e. The number of aliphatic hydroxyl groups excluding tert-OH is 10. The van der Waals surface area contributed by atoms with Gasteiger partial charge in [-0.15, -0.1) is 0 Å². The van der Waals surface area contributed by atoms with E-state index in [2.05, 4.69) is 60.6 Å². The van der Waals surface area contributed by atoms with Crippen LogP contribution in [0.15, 0.2) is 12.2 Å². The van der Waals surface area contributed by atoms with E-state index in [1.807, 2.05) is 0 Å². The Morgan fingerprint density at radius 3 is 1.98 bits per heavy atom. The van der Waals surface area contributed by atoms with Gasteiger partial charge >= 0.3 is 0 Å². The van der Waals surface area contributed by atoms with Crippen molar-refractivity contribution >= 4 is 0 Å². The Morgan fingerprint density at radius 1 is 0.631 bits per heavy atom. The molecule has 9 aliphatic rings. The van der Waals surface area contributed by atoms with Crippen molar-refractivity contribution in [1.82, 2.24) is 0 Å². The zero-order valence-electron chi connectivity index (χ0n) is 39.3. The van der Waals surface area contributed by atoms with Crippen LogP contribution in [0.3, 0.4) is 0 Å². The van der Waals surface area contributed by atoms with Gasteiger partial charge in [0.15, 0.2) is 18.9 Å². The summed E-state index contributed by atoms with van der Waals surface area (Å²) in [4.78, 5) is 0. The maximum absolute atomic E-state index is 12.2. The molecule has 10 N–H and O–H groups in total. The zero-order chi connectivity index (χ0) is 47.2. The summed E-state index contributed by atoms with van der Waals surface area (Å²) >= 11 is 0. The van der Waals surface area contributed by atoms with Crippen molar-refractivity contribution in [2.24, 2.45) is 50.2 Å². The highest BCUT2D eigenvalue weighted by molar-refractivity contribution is 5.36. The van der Waals surface area contributed by atoms with Crippen LogP contribution in [0.25, 0.3) is 0 Å². The third-order valence-corrected chi connectivity index (χ3v) is 19.9. The van der Waals surface area contributed by atoms with Crippen LogP contribution in [0.4, 0.5) is 0 Å². The fourth-order valence-electron chi connectivity index (χ4n) is 15.7. The van der Waals surface area contributed by atoms with E-state index in [1.54, 1.807) is 0 Å². The number of hydrogen-bond acceptors (Lipinski definition) is 17. The number of hydrogen-bond donors (Lipinski definition) is 10. The van der Waals surface area contributed by atoms with Gasteiger partial charge in [0.2, 0.25) is 0 Å². The number of aliphatic hydroxyl groups is 10. The average molecular weight is 927 g/mol. The summed E-state index contributed by atoms with van der Waals surface area (Å²) in [5.41, 5.74) is -1.61. The molecule has 4 saturated carbocycles. The number of ether oxygens (including phenoxy) is 7. The predicted octanol–water partition coefficient (Wildman–Crippen LogP) is 0.629. The van der Waals surface area contributed by atoms with E-state index in [4.69, 9.17) is 33.2 Å². The summed E-state index contributed by atoms with van der Waals surface area (Å²) in [6, 6.07) is 0. The first-order chi connectivity index (χ1) is 30.3. The molecule has 4 aliphatic heterocycles. The Morgan fingerprint density at radius 2 is 1.28 bits per heavy atom. The second-order valence-electron chi connectivity index (χ2n) is 24.0. The molecule has 9 rings (SSSR count). The molecule has 65 heavy (non-hydrogen) atoms. The van der Waals surface area contributed by atoms with Gasteiger partial charge in [-0.05, 0) is 91.8 Å². The predicted molar refractivity (Wildman–Crippen MR) is 228 cm³/mol. The van der Waals surface area contributed by atoms with Gasteiger partial charge in [0, 0.05) is 16.7 Å². The minimum absolute atomic E-state index is 0.163. The van der Waals surface area contributed by atoms with Gasteiger partial charge in [-0.3, -0.25) is 0 Å². The third-order valence-electron chi connectivity index (χ3n) is 19.9. The number of allylic oxidation sites excluding steroid dienone is 1. The molecule has 0 amide bonds. The van der Waals surface area contributed by atoms with E-state index in [1.165, 1.54) is 6.92 Å². The smallest absolute Gasteiger partial charge is 0.187 e. The highest BCUT2D eigenvalue weighted by Crippen LogP contribution is 2.79. The molecule has 5 aliphatic carbocycles. The lowest BCUT2D eigenvalue weighted by atomic mass is 9.32. The maximum atomic E-state index is 12.2. The second kappa shape index (κ2) is 16.6. The largest absolute Gasteiger partial charge is 0.394 e. The van der Waals surface area contributed by atoms with Crippen molar-refractivity contribution in [3.05, 3.63) is 12.2 Å². The summed E-state index contributed by atoms with van der Waals surface area (Å²) in [6.45, 7) is 17.2. The van der Waals surface area contributed by atoms with Crippen molar-refractivity contribution in [2.75, 3.05) is 19.8 Å². The van der Waals surface area contributed by atoms with Gasteiger partial charge in [-0.1, -0.05) is 60.6 Å². The lowest BCUT2D eigenvalue weighted by Crippen LogP contribution is -2.72. The molecule has 4 saturated heterocycles. The van der Waals surface area contributed by atoms with Gasteiger partial charge in [-0.25, -0.2) is 0 Å². The van der Waals surface area contributed by atoms with Gasteiger partial charge in [0.05, 0.1) is 43.7 Å². The molecule has 0 aromatic carbocycles. The summed E-state index contributed by atoms with van der Waals surface area (Å²) in [7, 11) is 0. The molecular weight excluding hydrogens is 849 g/mol. The van der Waals surface area contributed by atoms with Crippen molar-refractivity contribution in [3.8, 4) is 0 Å². The van der Waals surface area contributed by atoms with Gasteiger partial charge in [0.1, 0.15) is 67.1 Å². The van der Waals surface area contributed by atoms with Crippen molar-refractivity contribution in [3.63, 3.8) is 0 Å².